The lowest BCUT2D eigenvalue weighted by molar-refractivity contribution is 0.00298. The van der Waals surface area contributed by atoms with Crippen LogP contribution in [-0.2, 0) is 4.74 Å². The molecule has 3 heterocycles. The summed E-state index contributed by atoms with van der Waals surface area (Å²) in [5.41, 5.74) is 0.00193. The molecule has 0 aromatic carbocycles. The van der Waals surface area contributed by atoms with Crippen LogP contribution in [0.2, 0.25) is 0 Å². The average Bonchev–Trinajstić information content (AvgIpc) is 2.98. The summed E-state index contributed by atoms with van der Waals surface area (Å²) in [6.45, 7) is 5.91. The normalized spacial score (nSPS) is 20.2. The Kier molecular flexibility index (Phi) is 5.34. The van der Waals surface area contributed by atoms with Gasteiger partial charge in [0, 0.05) is 38.2 Å². The largest absolute Gasteiger partial charge is 0.480 e. The molecule has 0 N–H and O–H groups in total. The number of likely N-dealkylation sites (tertiary alicyclic amines) is 1. The zero-order valence-electron chi connectivity index (χ0n) is 15.7. The summed E-state index contributed by atoms with van der Waals surface area (Å²) < 4.78 is 11.0. The fraction of sp³-hybridized carbons (Fsp3) is 0.632. The van der Waals surface area contributed by atoms with Crippen LogP contribution in [0.3, 0.4) is 0 Å². The maximum Gasteiger partial charge on any atom is 0.410 e. The van der Waals surface area contributed by atoms with Crippen molar-refractivity contribution in [2.24, 2.45) is 0 Å². The Bertz CT molecular complexity index is 671. The van der Waals surface area contributed by atoms with E-state index < -0.39 is 5.60 Å². The van der Waals surface area contributed by atoms with Crippen molar-refractivity contribution < 1.29 is 19.1 Å². The van der Waals surface area contributed by atoms with Gasteiger partial charge in [-0.25, -0.2) is 9.78 Å². The number of pyridine rings is 1. The lowest BCUT2D eigenvalue weighted by atomic mass is 9.90. The second-order valence-electron chi connectivity index (χ2n) is 7.17. The van der Waals surface area contributed by atoms with E-state index >= 15 is 0 Å². The molecule has 2 aliphatic heterocycles. The lowest BCUT2D eigenvalue weighted by Crippen LogP contribution is -2.49. The minimum Gasteiger partial charge on any atom is -0.480 e. The molecule has 1 atom stereocenters. The van der Waals surface area contributed by atoms with Crippen LogP contribution in [0.5, 0.6) is 5.88 Å². The van der Waals surface area contributed by atoms with Crippen molar-refractivity contribution in [3.05, 3.63) is 23.9 Å². The van der Waals surface area contributed by atoms with E-state index in [-0.39, 0.29) is 18.0 Å². The molecule has 0 saturated carbocycles. The Morgan fingerprint density at radius 1 is 1.42 bits per heavy atom. The molecule has 1 spiro atoms. The van der Waals surface area contributed by atoms with Crippen molar-refractivity contribution in [2.75, 3.05) is 26.7 Å². The number of aromatic nitrogens is 1. The highest BCUT2D eigenvalue weighted by atomic mass is 16.6. The fourth-order valence-corrected chi connectivity index (χ4v) is 3.82. The third kappa shape index (κ3) is 3.48. The van der Waals surface area contributed by atoms with E-state index in [0.29, 0.717) is 43.9 Å². The Morgan fingerprint density at radius 2 is 2.15 bits per heavy atom. The van der Waals surface area contributed by atoms with Gasteiger partial charge in [0.05, 0.1) is 13.7 Å². The van der Waals surface area contributed by atoms with Gasteiger partial charge in [0.1, 0.15) is 11.2 Å². The first kappa shape index (κ1) is 18.5. The molecule has 7 nitrogen and oxygen atoms in total. The average molecular weight is 361 g/mol. The van der Waals surface area contributed by atoms with Gasteiger partial charge in [-0.2, -0.15) is 0 Å². The van der Waals surface area contributed by atoms with Crippen LogP contribution >= 0.6 is 0 Å². The van der Waals surface area contributed by atoms with Gasteiger partial charge in [-0.1, -0.05) is 13.3 Å². The van der Waals surface area contributed by atoms with Gasteiger partial charge in [0.25, 0.3) is 5.91 Å². The summed E-state index contributed by atoms with van der Waals surface area (Å²) in [4.78, 5) is 32.8. The van der Waals surface area contributed by atoms with E-state index in [0.717, 1.165) is 12.8 Å². The number of carbonyl (C=O) groups is 2. The zero-order valence-corrected chi connectivity index (χ0v) is 15.7. The molecule has 0 bridgehead atoms. The smallest absolute Gasteiger partial charge is 0.410 e. The van der Waals surface area contributed by atoms with Crippen molar-refractivity contribution in [1.82, 2.24) is 14.8 Å². The van der Waals surface area contributed by atoms with E-state index in [4.69, 9.17) is 9.47 Å². The van der Waals surface area contributed by atoms with Gasteiger partial charge in [-0.3, -0.25) is 4.79 Å². The second-order valence-corrected chi connectivity index (χ2v) is 7.17. The predicted octanol–water partition coefficient (Wildman–Crippen LogP) is 2.71. The molecule has 26 heavy (non-hydrogen) atoms. The number of methoxy groups -OCH3 is 1. The van der Waals surface area contributed by atoms with Crippen molar-refractivity contribution in [3.63, 3.8) is 0 Å². The first-order valence-corrected chi connectivity index (χ1v) is 9.27. The molecule has 1 aromatic heterocycles. The molecule has 0 unspecified atom stereocenters. The van der Waals surface area contributed by atoms with Crippen LogP contribution in [0.25, 0.3) is 0 Å². The molecule has 7 heteroatoms. The predicted molar refractivity (Wildman–Crippen MR) is 96.2 cm³/mol. The molecule has 2 fully saturated rings. The van der Waals surface area contributed by atoms with Crippen LogP contribution in [0.15, 0.2) is 18.3 Å². The molecule has 3 rings (SSSR count). The Balaban J connectivity index is 1.64. The second kappa shape index (κ2) is 7.51. The van der Waals surface area contributed by atoms with E-state index in [1.54, 1.807) is 23.2 Å². The molecule has 2 saturated heterocycles. The maximum absolute atomic E-state index is 12.8. The number of hydrogen-bond acceptors (Lipinski definition) is 5. The number of ether oxygens (including phenoxy) is 2. The topological polar surface area (TPSA) is 72.0 Å². The zero-order chi connectivity index (χ0) is 18.7. The van der Waals surface area contributed by atoms with Crippen LogP contribution in [0, 0.1) is 0 Å². The summed E-state index contributed by atoms with van der Waals surface area (Å²) in [6, 6.07) is 3.64. The van der Waals surface area contributed by atoms with Crippen molar-refractivity contribution in [2.45, 2.75) is 51.2 Å². The molecule has 0 aliphatic carbocycles. The highest BCUT2D eigenvalue weighted by molar-refractivity contribution is 5.96. The summed E-state index contributed by atoms with van der Waals surface area (Å²) in [5.74, 6) is 0.245. The minimum absolute atomic E-state index is 0.0923. The Labute approximate surface area is 154 Å². The van der Waals surface area contributed by atoms with E-state index in [2.05, 4.69) is 18.8 Å². The van der Waals surface area contributed by atoms with Crippen molar-refractivity contribution in [1.29, 1.82) is 0 Å². The Morgan fingerprint density at radius 3 is 2.81 bits per heavy atom. The molecular formula is C19H27N3O4. The van der Waals surface area contributed by atoms with Crippen LogP contribution in [0.1, 0.15) is 49.9 Å². The van der Waals surface area contributed by atoms with Crippen LogP contribution in [-0.4, -0.2) is 65.2 Å². The number of hydrogen-bond donors (Lipinski definition) is 0. The molecule has 2 aliphatic rings. The number of rotatable bonds is 5. The van der Waals surface area contributed by atoms with Crippen LogP contribution < -0.4 is 4.74 Å². The first-order valence-electron chi connectivity index (χ1n) is 9.27. The fourth-order valence-electron chi connectivity index (χ4n) is 3.82. The third-order valence-electron chi connectivity index (χ3n) is 5.39. The number of carbonyl (C=O) groups excluding carboxylic acids is 2. The van der Waals surface area contributed by atoms with Gasteiger partial charge in [-0.05, 0) is 25.5 Å². The number of nitrogens with zero attached hydrogens (tertiary/aromatic N) is 3. The van der Waals surface area contributed by atoms with Gasteiger partial charge in [0.2, 0.25) is 5.88 Å². The van der Waals surface area contributed by atoms with Crippen molar-refractivity contribution >= 4 is 12.0 Å². The summed E-state index contributed by atoms with van der Waals surface area (Å²) in [6.07, 6.45) is 4.69. The van der Waals surface area contributed by atoms with Gasteiger partial charge < -0.3 is 19.3 Å². The number of amides is 2. The molecule has 0 radical (unpaired) electrons. The standard InChI is InChI=1S/C19H27N3O4/c1-4-6-14(2)22-13-19(26-18(22)24)8-11-21(12-9-19)17(23)15-7-5-10-20-16(15)25-3/h5,7,10,14H,4,6,8-9,11-13H2,1-3H3/t14-/m1/s1. The maximum atomic E-state index is 12.8. The molecule has 2 amide bonds. The van der Waals surface area contributed by atoms with Gasteiger partial charge in [0.15, 0.2) is 0 Å². The highest BCUT2D eigenvalue weighted by Crippen LogP contribution is 2.35. The molecule has 142 valence electrons. The van der Waals surface area contributed by atoms with E-state index in [1.807, 2.05) is 4.90 Å². The summed E-state index contributed by atoms with van der Waals surface area (Å²) >= 11 is 0. The molecule has 1 aromatic rings. The lowest BCUT2D eigenvalue weighted by Gasteiger charge is -2.37. The van der Waals surface area contributed by atoms with Crippen LogP contribution in [0.4, 0.5) is 4.79 Å². The third-order valence-corrected chi connectivity index (χ3v) is 5.39. The quantitative estimate of drug-likeness (QED) is 0.806. The molecular weight excluding hydrogens is 334 g/mol. The van der Waals surface area contributed by atoms with E-state index in [9.17, 15) is 9.59 Å². The minimum atomic E-state index is -0.463. The van der Waals surface area contributed by atoms with Gasteiger partial charge >= 0.3 is 6.09 Å². The summed E-state index contributed by atoms with van der Waals surface area (Å²) in [7, 11) is 1.51. The Hall–Kier alpha value is -2.31. The summed E-state index contributed by atoms with van der Waals surface area (Å²) in [5, 5.41) is 0. The van der Waals surface area contributed by atoms with Crippen molar-refractivity contribution in [3.8, 4) is 5.88 Å². The number of piperidine rings is 1. The highest BCUT2D eigenvalue weighted by Gasteiger charge is 2.48. The first-order chi connectivity index (χ1) is 12.5. The van der Waals surface area contributed by atoms with Gasteiger partial charge in [-0.15, -0.1) is 0 Å². The SMILES string of the molecule is CCC[C@@H](C)N1CC2(CCN(C(=O)c3cccnc3OC)CC2)OC1=O. The monoisotopic (exact) mass is 361 g/mol. The van der Waals surface area contributed by atoms with E-state index in [1.165, 1.54) is 7.11 Å².